The fraction of sp³-hybridized carbons (Fsp3) is 0.407. The van der Waals surface area contributed by atoms with Crippen LogP contribution in [0.3, 0.4) is 0 Å². The van der Waals surface area contributed by atoms with Crippen LogP contribution in [0, 0.1) is 12.3 Å². The molecule has 1 saturated carbocycles. The van der Waals surface area contributed by atoms with E-state index in [1.165, 1.54) is 4.57 Å². The molecule has 2 aromatic carbocycles. The van der Waals surface area contributed by atoms with E-state index in [2.05, 4.69) is 9.98 Å². The summed E-state index contributed by atoms with van der Waals surface area (Å²) >= 11 is 6.37. The topological polar surface area (TPSA) is 108 Å². The van der Waals surface area contributed by atoms with Gasteiger partial charge in [-0.25, -0.2) is 19.1 Å². The Morgan fingerprint density at radius 1 is 1.14 bits per heavy atom. The number of rotatable bonds is 9. The van der Waals surface area contributed by atoms with Gasteiger partial charge in [0.1, 0.15) is 5.75 Å². The molecule has 1 aliphatic carbocycles. The smallest absolute Gasteiger partial charge is 0.335 e. The quantitative estimate of drug-likeness (QED) is 0.428. The number of halogens is 1. The number of aryl methyl sites for hydroxylation is 1. The lowest BCUT2D eigenvalue weighted by atomic mass is 10.1. The molecule has 10 heteroatoms. The van der Waals surface area contributed by atoms with Crippen LogP contribution < -0.4 is 21.7 Å². The van der Waals surface area contributed by atoms with E-state index in [4.69, 9.17) is 21.1 Å². The van der Waals surface area contributed by atoms with Crippen molar-refractivity contribution < 1.29 is 14.3 Å². The largest absolute Gasteiger partial charge is 0.489 e. The molecule has 1 N–H and O–H groups in total. The highest BCUT2D eigenvalue weighted by Crippen LogP contribution is 2.47. The maximum Gasteiger partial charge on any atom is 0.335 e. The van der Waals surface area contributed by atoms with E-state index >= 15 is 0 Å². The number of aromatic nitrogens is 3. The minimum atomic E-state index is -0.854. The predicted molar refractivity (Wildman–Crippen MR) is 140 cm³/mol. The second-order valence-corrected chi connectivity index (χ2v) is 10.00. The first-order chi connectivity index (χ1) is 17.6. The molecule has 4 rings (SSSR count). The van der Waals surface area contributed by atoms with Crippen LogP contribution in [-0.2, 0) is 22.6 Å². The molecule has 0 bridgehead atoms. The first kappa shape index (κ1) is 26.5. The second-order valence-electron chi connectivity index (χ2n) is 9.59. The van der Waals surface area contributed by atoms with Gasteiger partial charge in [-0.05, 0) is 64.3 Å². The number of carbonyl (C=O) groups excluding carboxylic acids is 1. The van der Waals surface area contributed by atoms with E-state index in [0.717, 1.165) is 15.7 Å². The molecule has 0 spiro atoms. The molecule has 196 valence electrons. The Kier molecular flexibility index (Phi) is 7.73. The van der Waals surface area contributed by atoms with Crippen LogP contribution in [0.5, 0.6) is 5.75 Å². The molecule has 0 amide bonds. The van der Waals surface area contributed by atoms with Crippen molar-refractivity contribution in [2.45, 2.75) is 59.7 Å². The Morgan fingerprint density at radius 3 is 2.43 bits per heavy atom. The number of nitrogens with zero attached hydrogens (tertiary/aromatic N) is 3. The highest BCUT2D eigenvalue weighted by atomic mass is 35.5. The van der Waals surface area contributed by atoms with Gasteiger partial charge in [0.15, 0.2) is 0 Å². The van der Waals surface area contributed by atoms with Crippen molar-refractivity contribution in [3.05, 3.63) is 85.2 Å². The molecule has 0 unspecified atom stereocenters. The van der Waals surface area contributed by atoms with Crippen LogP contribution in [0.1, 0.15) is 44.7 Å². The van der Waals surface area contributed by atoms with Gasteiger partial charge in [-0.1, -0.05) is 41.4 Å². The van der Waals surface area contributed by atoms with Gasteiger partial charge in [-0.15, -0.1) is 0 Å². The van der Waals surface area contributed by atoms with Crippen molar-refractivity contribution in [1.82, 2.24) is 14.1 Å². The first-order valence-electron chi connectivity index (χ1n) is 12.3. The molecule has 1 fully saturated rings. The number of esters is 1. The fourth-order valence-corrected chi connectivity index (χ4v) is 4.22. The van der Waals surface area contributed by atoms with Crippen molar-refractivity contribution in [3.63, 3.8) is 0 Å². The van der Waals surface area contributed by atoms with Crippen molar-refractivity contribution in [1.29, 1.82) is 0 Å². The van der Waals surface area contributed by atoms with Gasteiger partial charge < -0.3 is 9.47 Å². The molecule has 9 nitrogen and oxygen atoms in total. The van der Waals surface area contributed by atoms with Gasteiger partial charge in [0, 0.05) is 6.54 Å². The third-order valence-corrected chi connectivity index (χ3v) is 6.47. The SMILES string of the molecule is CCOC(=O)C1(Cn2c(=O)[nH]/c(=N\c3ccc(OC(C)C)c(Cl)c3)n(Cc3ccc(C)cc3)c2=O)CC1. The number of carbonyl (C=O) groups is 1. The zero-order valence-corrected chi connectivity index (χ0v) is 22.2. The minimum Gasteiger partial charge on any atom is -0.489 e. The molecule has 37 heavy (non-hydrogen) atoms. The summed E-state index contributed by atoms with van der Waals surface area (Å²) in [6, 6.07) is 12.7. The summed E-state index contributed by atoms with van der Waals surface area (Å²) < 4.78 is 13.3. The van der Waals surface area contributed by atoms with E-state index in [1.54, 1.807) is 25.1 Å². The van der Waals surface area contributed by atoms with Crippen molar-refractivity contribution >= 4 is 23.3 Å². The van der Waals surface area contributed by atoms with E-state index in [-0.39, 0.29) is 31.4 Å². The summed E-state index contributed by atoms with van der Waals surface area (Å²) in [5, 5.41) is 0.362. The summed E-state index contributed by atoms with van der Waals surface area (Å²) in [7, 11) is 0. The van der Waals surface area contributed by atoms with Gasteiger partial charge in [0.05, 0.1) is 35.4 Å². The molecule has 1 aromatic heterocycles. The highest BCUT2D eigenvalue weighted by molar-refractivity contribution is 6.32. The standard InChI is InChI=1S/C27H31ClN4O5/c1-5-36-23(33)27(12-13-27)16-32-25(34)30-24(29-20-10-11-22(21(28)14-20)37-17(2)3)31(26(32)35)15-19-8-6-18(4)7-9-19/h6-11,14,17H,5,12-13,15-16H2,1-4H3,(H,29,30,34). The summed E-state index contributed by atoms with van der Waals surface area (Å²) in [5.74, 6) is 0.124. The summed E-state index contributed by atoms with van der Waals surface area (Å²) in [4.78, 5) is 46.5. The van der Waals surface area contributed by atoms with Gasteiger partial charge in [0.25, 0.3) is 0 Å². The number of hydrogen-bond acceptors (Lipinski definition) is 6. The number of hydrogen-bond donors (Lipinski definition) is 1. The van der Waals surface area contributed by atoms with Gasteiger partial charge >= 0.3 is 17.3 Å². The number of H-pyrrole nitrogens is 1. The van der Waals surface area contributed by atoms with E-state index in [1.807, 2.05) is 45.0 Å². The van der Waals surface area contributed by atoms with Crippen molar-refractivity contribution in [2.75, 3.05) is 6.61 Å². The average Bonchev–Trinajstić information content (AvgIpc) is 3.63. The number of benzene rings is 2. The third kappa shape index (κ3) is 6.05. The Hall–Kier alpha value is -3.59. The zero-order chi connectivity index (χ0) is 26.7. The maximum absolute atomic E-state index is 13.6. The molecule has 0 aliphatic heterocycles. The Balaban J connectivity index is 1.81. The van der Waals surface area contributed by atoms with E-state index < -0.39 is 22.8 Å². The zero-order valence-electron chi connectivity index (χ0n) is 21.4. The number of nitrogens with one attached hydrogen (secondary N) is 1. The second kappa shape index (κ2) is 10.8. The van der Waals surface area contributed by atoms with Crippen LogP contribution in [0.15, 0.2) is 57.0 Å². The van der Waals surface area contributed by atoms with Gasteiger partial charge in [-0.3, -0.25) is 14.3 Å². The summed E-state index contributed by atoms with van der Waals surface area (Å²) in [5.41, 5.74) is 0.384. The Bertz CT molecular complexity index is 1480. The van der Waals surface area contributed by atoms with E-state index in [9.17, 15) is 14.4 Å². The molecule has 0 saturated heterocycles. The van der Waals surface area contributed by atoms with Gasteiger partial charge in [0.2, 0.25) is 5.62 Å². The molecule has 1 heterocycles. The lowest BCUT2D eigenvalue weighted by Gasteiger charge is -2.16. The number of ether oxygens (including phenoxy) is 2. The Labute approximate surface area is 219 Å². The van der Waals surface area contributed by atoms with Crippen LogP contribution >= 0.6 is 11.6 Å². The van der Waals surface area contributed by atoms with Crippen molar-refractivity contribution in [2.24, 2.45) is 10.4 Å². The van der Waals surface area contributed by atoms with Crippen LogP contribution in [0.4, 0.5) is 5.69 Å². The highest BCUT2D eigenvalue weighted by Gasteiger charge is 2.52. The lowest BCUT2D eigenvalue weighted by molar-refractivity contribution is -0.150. The minimum absolute atomic E-state index is 0.0507. The Morgan fingerprint density at radius 2 is 1.84 bits per heavy atom. The van der Waals surface area contributed by atoms with Crippen LogP contribution in [0.2, 0.25) is 5.02 Å². The number of aromatic amines is 1. The monoisotopic (exact) mass is 526 g/mol. The van der Waals surface area contributed by atoms with Gasteiger partial charge in [-0.2, -0.15) is 0 Å². The molecule has 3 aromatic rings. The van der Waals surface area contributed by atoms with E-state index in [0.29, 0.717) is 29.3 Å². The maximum atomic E-state index is 13.6. The molecular formula is C27H31ClN4O5. The molecule has 0 atom stereocenters. The average molecular weight is 527 g/mol. The molecule has 1 aliphatic rings. The van der Waals surface area contributed by atoms with Crippen LogP contribution in [0.25, 0.3) is 0 Å². The van der Waals surface area contributed by atoms with Crippen molar-refractivity contribution in [3.8, 4) is 5.75 Å². The van der Waals surface area contributed by atoms with Crippen LogP contribution in [-0.4, -0.2) is 32.8 Å². The predicted octanol–water partition coefficient (Wildman–Crippen LogP) is 3.71. The summed E-state index contributed by atoms with van der Waals surface area (Å²) in [6.07, 6.45) is 1.07. The molecule has 0 radical (unpaired) electrons. The lowest BCUT2D eigenvalue weighted by Crippen LogP contribution is -2.51. The first-order valence-corrected chi connectivity index (χ1v) is 12.7. The molecular weight excluding hydrogens is 496 g/mol. The third-order valence-electron chi connectivity index (χ3n) is 6.18. The fourth-order valence-electron chi connectivity index (χ4n) is 4.00. The summed E-state index contributed by atoms with van der Waals surface area (Å²) in [6.45, 7) is 7.86. The normalized spacial score (nSPS) is 14.6.